The summed E-state index contributed by atoms with van der Waals surface area (Å²) in [6.45, 7) is 2.10. The molecule has 3 rings (SSSR count). The normalized spacial score (nSPS) is 43.8. The third-order valence-corrected chi connectivity index (χ3v) is 3.38. The Morgan fingerprint density at radius 3 is 2.83 bits per heavy atom. The van der Waals surface area contributed by atoms with Crippen molar-refractivity contribution >= 4 is 5.91 Å². The van der Waals surface area contributed by atoms with E-state index in [0.29, 0.717) is 11.8 Å². The summed E-state index contributed by atoms with van der Waals surface area (Å²) < 4.78 is 0. The van der Waals surface area contributed by atoms with Gasteiger partial charge in [0, 0.05) is 19.0 Å². The van der Waals surface area contributed by atoms with Crippen molar-refractivity contribution in [2.45, 2.75) is 24.8 Å². The van der Waals surface area contributed by atoms with Gasteiger partial charge in [-0.3, -0.25) is 4.79 Å². The summed E-state index contributed by atoms with van der Waals surface area (Å²) in [7, 11) is 0. The summed E-state index contributed by atoms with van der Waals surface area (Å²) in [6, 6.07) is 0. The van der Waals surface area contributed by atoms with Crippen molar-refractivity contribution in [1.82, 2.24) is 10.6 Å². The quantitative estimate of drug-likeness (QED) is 0.600. The van der Waals surface area contributed by atoms with Gasteiger partial charge in [-0.05, 0) is 25.2 Å². The number of hydrogen-bond acceptors (Lipinski definition) is 2. The predicted octanol–water partition coefficient (Wildman–Crippen LogP) is -0.126. The highest BCUT2D eigenvalue weighted by Crippen LogP contribution is 2.46. The first-order valence-corrected chi connectivity index (χ1v) is 4.83. The highest BCUT2D eigenvalue weighted by Gasteiger charge is 2.58. The number of nitrogens with one attached hydrogen (secondary N) is 2. The average molecular weight is 166 g/mol. The molecule has 2 saturated carbocycles. The summed E-state index contributed by atoms with van der Waals surface area (Å²) in [5, 5.41) is 6.50. The second-order valence-electron chi connectivity index (χ2n) is 4.45. The SMILES string of the molecule is O=C(N[C@@]12CNC[C@@H]1C2)C1CC1. The van der Waals surface area contributed by atoms with Crippen LogP contribution in [0.4, 0.5) is 0 Å². The molecule has 3 nitrogen and oxygen atoms in total. The van der Waals surface area contributed by atoms with E-state index in [2.05, 4.69) is 10.6 Å². The molecule has 0 aromatic rings. The van der Waals surface area contributed by atoms with Crippen LogP contribution in [0.15, 0.2) is 0 Å². The van der Waals surface area contributed by atoms with Crippen LogP contribution in [0.1, 0.15) is 19.3 Å². The molecule has 66 valence electrons. The molecule has 1 saturated heterocycles. The van der Waals surface area contributed by atoms with E-state index in [1.54, 1.807) is 0 Å². The van der Waals surface area contributed by atoms with E-state index in [9.17, 15) is 4.79 Å². The third kappa shape index (κ3) is 0.891. The van der Waals surface area contributed by atoms with Gasteiger partial charge in [-0.25, -0.2) is 0 Å². The third-order valence-electron chi connectivity index (χ3n) is 3.38. The molecular formula is C9H14N2O. The fourth-order valence-electron chi connectivity index (χ4n) is 2.22. The maximum absolute atomic E-state index is 11.5. The van der Waals surface area contributed by atoms with E-state index < -0.39 is 0 Å². The van der Waals surface area contributed by atoms with E-state index in [1.165, 1.54) is 6.42 Å². The van der Waals surface area contributed by atoms with Crippen LogP contribution in [0.3, 0.4) is 0 Å². The fraction of sp³-hybridized carbons (Fsp3) is 0.889. The van der Waals surface area contributed by atoms with Crippen molar-refractivity contribution in [1.29, 1.82) is 0 Å². The zero-order valence-electron chi connectivity index (χ0n) is 7.10. The Kier molecular flexibility index (Phi) is 1.16. The minimum Gasteiger partial charge on any atom is -0.349 e. The average Bonchev–Trinajstić information content (AvgIpc) is 2.92. The van der Waals surface area contributed by atoms with E-state index >= 15 is 0 Å². The number of fused-ring (bicyclic) bond motifs is 1. The number of carbonyl (C=O) groups is 1. The molecule has 3 aliphatic rings. The van der Waals surface area contributed by atoms with Crippen LogP contribution in [0.25, 0.3) is 0 Å². The number of rotatable bonds is 2. The number of hydrogen-bond donors (Lipinski definition) is 2. The largest absolute Gasteiger partial charge is 0.349 e. The molecule has 12 heavy (non-hydrogen) atoms. The molecule has 3 heteroatoms. The van der Waals surface area contributed by atoms with E-state index in [1.807, 2.05) is 0 Å². The van der Waals surface area contributed by atoms with Gasteiger partial charge in [0.05, 0.1) is 5.54 Å². The Balaban J connectivity index is 1.64. The van der Waals surface area contributed by atoms with Gasteiger partial charge in [-0.2, -0.15) is 0 Å². The van der Waals surface area contributed by atoms with Gasteiger partial charge in [0.1, 0.15) is 0 Å². The Morgan fingerprint density at radius 1 is 1.50 bits per heavy atom. The Labute approximate surface area is 71.9 Å². The maximum Gasteiger partial charge on any atom is 0.223 e. The summed E-state index contributed by atoms with van der Waals surface area (Å²) >= 11 is 0. The molecule has 2 aliphatic carbocycles. The zero-order chi connectivity index (χ0) is 8.18. The Bertz CT molecular complexity index is 237. The molecule has 1 amide bonds. The Morgan fingerprint density at radius 2 is 2.33 bits per heavy atom. The van der Waals surface area contributed by atoms with Gasteiger partial charge in [0.15, 0.2) is 0 Å². The van der Waals surface area contributed by atoms with Crippen LogP contribution >= 0.6 is 0 Å². The monoisotopic (exact) mass is 166 g/mol. The van der Waals surface area contributed by atoms with E-state index in [-0.39, 0.29) is 5.54 Å². The zero-order valence-corrected chi connectivity index (χ0v) is 7.10. The summed E-state index contributed by atoms with van der Waals surface area (Å²) in [5.74, 6) is 1.41. The highest BCUT2D eigenvalue weighted by molar-refractivity contribution is 5.82. The van der Waals surface area contributed by atoms with E-state index in [0.717, 1.165) is 31.8 Å². The van der Waals surface area contributed by atoms with Crippen LogP contribution in [-0.4, -0.2) is 24.5 Å². The van der Waals surface area contributed by atoms with Crippen molar-refractivity contribution in [2.75, 3.05) is 13.1 Å². The van der Waals surface area contributed by atoms with Gasteiger partial charge >= 0.3 is 0 Å². The minimum absolute atomic E-state index is 0.194. The predicted molar refractivity (Wildman–Crippen MR) is 44.6 cm³/mol. The molecule has 3 fully saturated rings. The highest BCUT2D eigenvalue weighted by atomic mass is 16.2. The first-order chi connectivity index (χ1) is 5.80. The Hall–Kier alpha value is -0.570. The van der Waals surface area contributed by atoms with Crippen LogP contribution in [0.5, 0.6) is 0 Å². The van der Waals surface area contributed by atoms with Crippen LogP contribution < -0.4 is 10.6 Å². The molecule has 0 aromatic heterocycles. The van der Waals surface area contributed by atoms with E-state index in [4.69, 9.17) is 0 Å². The van der Waals surface area contributed by atoms with Gasteiger partial charge < -0.3 is 10.6 Å². The lowest BCUT2D eigenvalue weighted by Crippen LogP contribution is -2.42. The standard InChI is InChI=1S/C9H14N2O/c12-8(6-1-2-6)11-9-3-7(9)4-10-5-9/h6-7,10H,1-5H2,(H,11,12)/t7-,9-/m0/s1. The fourth-order valence-corrected chi connectivity index (χ4v) is 2.22. The molecule has 0 aromatic carbocycles. The van der Waals surface area contributed by atoms with Gasteiger partial charge in [0.2, 0.25) is 5.91 Å². The van der Waals surface area contributed by atoms with Crippen molar-refractivity contribution < 1.29 is 4.79 Å². The summed E-state index contributed by atoms with van der Waals surface area (Å²) in [6.07, 6.45) is 3.43. The smallest absolute Gasteiger partial charge is 0.223 e. The number of carbonyl (C=O) groups excluding carboxylic acids is 1. The molecule has 0 spiro atoms. The van der Waals surface area contributed by atoms with Crippen LogP contribution in [0.2, 0.25) is 0 Å². The molecule has 1 heterocycles. The lowest BCUT2D eigenvalue weighted by atomic mass is 10.2. The summed E-state index contributed by atoms with van der Waals surface area (Å²) in [5.41, 5.74) is 0.194. The molecule has 2 atom stereocenters. The lowest BCUT2D eigenvalue weighted by Gasteiger charge is -2.13. The van der Waals surface area contributed by atoms with Gasteiger partial charge in [-0.1, -0.05) is 0 Å². The molecule has 0 unspecified atom stereocenters. The first kappa shape index (κ1) is 6.89. The van der Waals surface area contributed by atoms with Crippen molar-refractivity contribution in [3.8, 4) is 0 Å². The first-order valence-electron chi connectivity index (χ1n) is 4.83. The lowest BCUT2D eigenvalue weighted by molar-refractivity contribution is -0.123. The van der Waals surface area contributed by atoms with Crippen LogP contribution in [-0.2, 0) is 4.79 Å². The molecular weight excluding hydrogens is 152 g/mol. The molecule has 0 bridgehead atoms. The molecule has 0 radical (unpaired) electrons. The van der Waals surface area contributed by atoms with Gasteiger partial charge in [-0.15, -0.1) is 0 Å². The van der Waals surface area contributed by atoms with Crippen molar-refractivity contribution in [2.24, 2.45) is 11.8 Å². The van der Waals surface area contributed by atoms with Crippen molar-refractivity contribution in [3.05, 3.63) is 0 Å². The van der Waals surface area contributed by atoms with Crippen molar-refractivity contribution in [3.63, 3.8) is 0 Å². The number of piperidine rings is 1. The number of amides is 1. The summed E-state index contributed by atoms with van der Waals surface area (Å²) in [4.78, 5) is 11.5. The second-order valence-corrected chi connectivity index (χ2v) is 4.45. The van der Waals surface area contributed by atoms with Gasteiger partial charge in [0.25, 0.3) is 0 Å². The molecule has 2 N–H and O–H groups in total. The minimum atomic E-state index is 0.194. The maximum atomic E-state index is 11.5. The van der Waals surface area contributed by atoms with Crippen LogP contribution in [0, 0.1) is 11.8 Å². The topological polar surface area (TPSA) is 41.1 Å². The molecule has 1 aliphatic heterocycles. The second kappa shape index (κ2) is 2.02.